The van der Waals surface area contributed by atoms with E-state index in [1.54, 1.807) is 24.5 Å². The van der Waals surface area contributed by atoms with E-state index in [1.165, 1.54) is 5.69 Å². The van der Waals surface area contributed by atoms with Crippen molar-refractivity contribution in [1.82, 2.24) is 15.0 Å². The Balaban J connectivity index is 1.13. The number of halogens is 3. The number of carbonyl (C=O) groups excluding carboxylic acids is 1. The van der Waals surface area contributed by atoms with Crippen LogP contribution in [0.25, 0.3) is 22.2 Å². The molecule has 1 aliphatic heterocycles. The first-order valence-corrected chi connectivity index (χ1v) is 13.1. The molecule has 6 rings (SSSR count). The number of fused-ring (bicyclic) bond motifs is 1. The summed E-state index contributed by atoms with van der Waals surface area (Å²) in [4.78, 5) is 30.7. The van der Waals surface area contributed by atoms with Crippen molar-refractivity contribution in [3.05, 3.63) is 109 Å². The molecule has 2 aromatic heterocycles. The maximum absolute atomic E-state index is 12.8. The van der Waals surface area contributed by atoms with Crippen LogP contribution in [0.15, 0.2) is 97.5 Å². The summed E-state index contributed by atoms with van der Waals surface area (Å²) in [6.07, 6.45) is 0.983. The molecule has 1 saturated heterocycles. The number of amides is 1. The van der Waals surface area contributed by atoms with Crippen LogP contribution in [0.2, 0.25) is 0 Å². The smallest absolute Gasteiger partial charge is 0.368 e. The molecule has 0 aliphatic carbocycles. The van der Waals surface area contributed by atoms with Crippen molar-refractivity contribution >= 4 is 34.1 Å². The van der Waals surface area contributed by atoms with E-state index >= 15 is 0 Å². The van der Waals surface area contributed by atoms with E-state index in [0.717, 1.165) is 78.4 Å². The SMILES string of the molecule is O=C(Nc1ccc(-c2ccc3ncc(N4CCN(c5ccncc5)CC4)nc3c2)cc1)c1ccc(C(F)(F)F)cc1. The van der Waals surface area contributed by atoms with E-state index in [0.29, 0.717) is 5.69 Å². The first-order chi connectivity index (χ1) is 19.8. The average Bonchev–Trinajstić information content (AvgIpc) is 3.01. The van der Waals surface area contributed by atoms with Crippen LogP contribution < -0.4 is 15.1 Å². The molecule has 1 aliphatic rings. The summed E-state index contributed by atoms with van der Waals surface area (Å²) in [7, 11) is 0. The zero-order valence-corrected chi connectivity index (χ0v) is 21.8. The molecule has 3 heterocycles. The number of carbonyl (C=O) groups is 1. The summed E-state index contributed by atoms with van der Waals surface area (Å²) in [6.45, 7) is 3.43. The Morgan fingerprint density at radius 2 is 1.41 bits per heavy atom. The van der Waals surface area contributed by atoms with Crippen LogP contribution in [0.4, 0.5) is 30.4 Å². The van der Waals surface area contributed by atoms with Crippen LogP contribution in [0.1, 0.15) is 15.9 Å². The fraction of sp³-hybridized carbons (Fsp3) is 0.161. The summed E-state index contributed by atoms with van der Waals surface area (Å²) in [6, 6.07) is 21.3. The van der Waals surface area contributed by atoms with E-state index in [1.807, 2.05) is 48.7 Å². The fourth-order valence-electron chi connectivity index (χ4n) is 4.84. The second-order valence-electron chi connectivity index (χ2n) is 9.72. The number of hydrogen-bond donors (Lipinski definition) is 1. The van der Waals surface area contributed by atoms with Gasteiger partial charge in [-0.05, 0) is 71.8 Å². The first-order valence-electron chi connectivity index (χ1n) is 13.1. The second kappa shape index (κ2) is 10.9. The lowest BCUT2D eigenvalue weighted by Gasteiger charge is -2.36. The highest BCUT2D eigenvalue weighted by Crippen LogP contribution is 2.30. The molecule has 3 aromatic carbocycles. The molecule has 206 valence electrons. The highest BCUT2D eigenvalue weighted by Gasteiger charge is 2.30. The van der Waals surface area contributed by atoms with Gasteiger partial charge in [-0.1, -0.05) is 18.2 Å². The van der Waals surface area contributed by atoms with Crippen LogP contribution >= 0.6 is 0 Å². The summed E-state index contributed by atoms with van der Waals surface area (Å²) >= 11 is 0. The molecule has 1 fully saturated rings. The van der Waals surface area contributed by atoms with Crippen molar-refractivity contribution in [2.75, 3.05) is 41.3 Å². The molecule has 1 N–H and O–H groups in total. The van der Waals surface area contributed by atoms with Crippen LogP contribution in [0, 0.1) is 0 Å². The van der Waals surface area contributed by atoms with Gasteiger partial charge in [-0.15, -0.1) is 0 Å². The molecule has 10 heteroatoms. The van der Waals surface area contributed by atoms with Crippen molar-refractivity contribution in [1.29, 1.82) is 0 Å². The predicted octanol–water partition coefficient (Wildman–Crippen LogP) is 6.29. The van der Waals surface area contributed by atoms with E-state index in [-0.39, 0.29) is 5.56 Å². The Kier molecular flexibility index (Phi) is 6.96. The minimum Gasteiger partial charge on any atom is -0.368 e. The van der Waals surface area contributed by atoms with E-state index in [4.69, 9.17) is 4.98 Å². The van der Waals surface area contributed by atoms with Crippen LogP contribution in [0.3, 0.4) is 0 Å². The molecule has 0 unspecified atom stereocenters. The number of aromatic nitrogens is 3. The third-order valence-electron chi connectivity index (χ3n) is 7.11. The normalized spacial score (nSPS) is 13.8. The Labute approximate surface area is 234 Å². The summed E-state index contributed by atoms with van der Waals surface area (Å²) in [5.74, 6) is 0.354. The van der Waals surface area contributed by atoms with E-state index in [9.17, 15) is 18.0 Å². The summed E-state index contributed by atoms with van der Waals surface area (Å²) < 4.78 is 38.4. The van der Waals surface area contributed by atoms with Gasteiger partial charge in [0.25, 0.3) is 5.91 Å². The van der Waals surface area contributed by atoms with Gasteiger partial charge in [0, 0.05) is 55.5 Å². The Hall–Kier alpha value is -4.99. The Bertz CT molecular complexity index is 1670. The zero-order valence-electron chi connectivity index (χ0n) is 21.8. The van der Waals surface area contributed by atoms with Crippen molar-refractivity contribution in [3.63, 3.8) is 0 Å². The van der Waals surface area contributed by atoms with Gasteiger partial charge in [0.05, 0.1) is 22.8 Å². The van der Waals surface area contributed by atoms with Crippen molar-refractivity contribution in [2.45, 2.75) is 6.18 Å². The zero-order chi connectivity index (χ0) is 28.4. The van der Waals surface area contributed by atoms with Gasteiger partial charge in [0.2, 0.25) is 0 Å². The van der Waals surface area contributed by atoms with Gasteiger partial charge in [0.15, 0.2) is 0 Å². The van der Waals surface area contributed by atoms with E-state index < -0.39 is 17.6 Å². The largest absolute Gasteiger partial charge is 0.416 e. The van der Waals surface area contributed by atoms with Gasteiger partial charge in [-0.2, -0.15) is 13.2 Å². The molecule has 0 saturated carbocycles. The second-order valence-corrected chi connectivity index (χ2v) is 9.72. The van der Waals surface area contributed by atoms with Gasteiger partial charge in [0.1, 0.15) is 5.82 Å². The lowest BCUT2D eigenvalue weighted by molar-refractivity contribution is -0.137. The number of piperazine rings is 1. The molecule has 5 aromatic rings. The maximum atomic E-state index is 12.8. The molecule has 41 heavy (non-hydrogen) atoms. The third kappa shape index (κ3) is 5.81. The van der Waals surface area contributed by atoms with Crippen molar-refractivity contribution in [3.8, 4) is 11.1 Å². The number of nitrogens with zero attached hydrogens (tertiary/aromatic N) is 5. The number of hydrogen-bond acceptors (Lipinski definition) is 6. The summed E-state index contributed by atoms with van der Waals surface area (Å²) in [5, 5.41) is 2.73. The molecule has 7 nitrogen and oxygen atoms in total. The highest BCUT2D eigenvalue weighted by molar-refractivity contribution is 6.04. The third-order valence-corrected chi connectivity index (χ3v) is 7.11. The molecule has 0 spiro atoms. The van der Waals surface area contributed by atoms with Crippen LogP contribution in [0.5, 0.6) is 0 Å². The summed E-state index contributed by atoms with van der Waals surface area (Å²) in [5.41, 5.74) is 4.51. The number of pyridine rings is 1. The minimum atomic E-state index is -4.45. The average molecular weight is 555 g/mol. The van der Waals surface area contributed by atoms with Crippen molar-refractivity contribution in [2.24, 2.45) is 0 Å². The monoisotopic (exact) mass is 554 g/mol. The lowest BCUT2D eigenvalue weighted by atomic mass is 10.0. The van der Waals surface area contributed by atoms with Gasteiger partial charge in [-0.3, -0.25) is 14.8 Å². The molecule has 0 radical (unpaired) electrons. The molecule has 1 amide bonds. The number of benzene rings is 3. The van der Waals surface area contributed by atoms with Gasteiger partial charge in [-0.25, -0.2) is 4.98 Å². The molecular weight excluding hydrogens is 529 g/mol. The molecular formula is C31H25F3N6O. The van der Waals surface area contributed by atoms with Crippen molar-refractivity contribution < 1.29 is 18.0 Å². The number of anilines is 3. The Morgan fingerprint density at radius 3 is 2.10 bits per heavy atom. The standard InChI is InChI=1S/C31H25F3N6O/c32-31(33,34)24-6-1-22(2-7-24)30(41)37-25-8-3-21(4-9-25)23-5-10-27-28(19-23)38-29(20-36-27)40-17-15-39(16-18-40)26-11-13-35-14-12-26/h1-14,19-20H,15-18H2,(H,37,41). The van der Waals surface area contributed by atoms with Crippen LogP contribution in [-0.2, 0) is 6.18 Å². The van der Waals surface area contributed by atoms with Crippen LogP contribution in [-0.4, -0.2) is 47.0 Å². The fourth-order valence-corrected chi connectivity index (χ4v) is 4.84. The number of rotatable bonds is 5. The van der Waals surface area contributed by atoms with Gasteiger partial charge >= 0.3 is 6.18 Å². The lowest BCUT2D eigenvalue weighted by Crippen LogP contribution is -2.46. The molecule has 0 atom stereocenters. The number of alkyl halides is 3. The topological polar surface area (TPSA) is 74.2 Å². The Morgan fingerprint density at radius 1 is 0.756 bits per heavy atom. The molecule has 0 bridgehead atoms. The quantitative estimate of drug-likeness (QED) is 0.275. The number of nitrogens with one attached hydrogen (secondary N) is 1. The first kappa shape index (κ1) is 26.2. The van der Waals surface area contributed by atoms with Gasteiger partial charge < -0.3 is 15.1 Å². The minimum absolute atomic E-state index is 0.143. The van der Waals surface area contributed by atoms with E-state index in [2.05, 4.69) is 25.1 Å². The highest BCUT2D eigenvalue weighted by atomic mass is 19.4. The maximum Gasteiger partial charge on any atom is 0.416 e. The predicted molar refractivity (Wildman–Crippen MR) is 153 cm³/mol.